The maximum Gasteiger partial charge on any atom is 0.228 e. The summed E-state index contributed by atoms with van der Waals surface area (Å²) in [5.41, 5.74) is 3.64. The van der Waals surface area contributed by atoms with Crippen molar-refractivity contribution in [1.82, 2.24) is 9.80 Å². The minimum Gasteiger partial charge on any atom is -0.369 e. The van der Waals surface area contributed by atoms with Gasteiger partial charge in [0.25, 0.3) is 0 Å². The molecular weight excluding hydrogens is 543 g/mol. The third kappa shape index (κ3) is 9.76. The second kappa shape index (κ2) is 16.4. The van der Waals surface area contributed by atoms with Crippen LogP contribution >= 0.6 is 23.2 Å². The van der Waals surface area contributed by atoms with Gasteiger partial charge in [0.15, 0.2) is 0 Å². The van der Waals surface area contributed by atoms with Gasteiger partial charge in [0.1, 0.15) is 5.78 Å². The van der Waals surface area contributed by atoms with Gasteiger partial charge in [-0.1, -0.05) is 30.7 Å². The Kier molecular flexibility index (Phi) is 12.6. The molecule has 0 aliphatic carbocycles. The number of amides is 1. The van der Waals surface area contributed by atoms with Crippen molar-refractivity contribution in [1.29, 1.82) is 0 Å². The molecule has 2 heterocycles. The first kappa shape index (κ1) is 30.8. The van der Waals surface area contributed by atoms with E-state index in [-0.39, 0.29) is 18.1 Å². The quantitative estimate of drug-likeness (QED) is 0.292. The highest BCUT2D eigenvalue weighted by atomic mass is 35.5. The number of carbonyl (C=O) groups excluding carboxylic acids is 2. The molecule has 0 aromatic heterocycles. The monoisotopic (exact) mass is 586 g/mol. The van der Waals surface area contributed by atoms with E-state index in [4.69, 9.17) is 23.2 Å². The SMILES string of the molecule is O=C(CCN1CCC(N2CCCCC2)CC1)Cc1cccc(NC(=O)Cc2ccc(N(CCCl)CCCl)cc2)c1. The molecule has 2 aromatic carbocycles. The maximum absolute atomic E-state index is 12.8. The topological polar surface area (TPSA) is 55.9 Å². The number of nitrogens with zero attached hydrogens (tertiary/aromatic N) is 3. The number of halogens is 2. The zero-order chi connectivity index (χ0) is 28.2. The van der Waals surface area contributed by atoms with Gasteiger partial charge in [0.05, 0.1) is 6.42 Å². The average molecular weight is 588 g/mol. The molecule has 4 rings (SSSR count). The van der Waals surface area contributed by atoms with E-state index in [9.17, 15) is 9.59 Å². The highest BCUT2D eigenvalue weighted by Crippen LogP contribution is 2.21. The number of rotatable bonds is 14. The summed E-state index contributed by atoms with van der Waals surface area (Å²) in [7, 11) is 0. The van der Waals surface area contributed by atoms with E-state index in [0.29, 0.717) is 24.6 Å². The zero-order valence-corrected chi connectivity index (χ0v) is 25.1. The van der Waals surface area contributed by atoms with Crippen molar-refractivity contribution in [2.24, 2.45) is 0 Å². The van der Waals surface area contributed by atoms with E-state index < -0.39 is 0 Å². The molecule has 8 heteroatoms. The van der Waals surface area contributed by atoms with Gasteiger partial charge in [-0.05, 0) is 87.3 Å². The first-order chi connectivity index (χ1) is 19.5. The molecule has 2 aliphatic heterocycles. The summed E-state index contributed by atoms with van der Waals surface area (Å²) in [4.78, 5) is 32.7. The van der Waals surface area contributed by atoms with Gasteiger partial charge < -0.3 is 20.0 Å². The fourth-order valence-electron chi connectivity index (χ4n) is 5.94. The van der Waals surface area contributed by atoms with Gasteiger partial charge in [-0.25, -0.2) is 0 Å². The summed E-state index contributed by atoms with van der Waals surface area (Å²) >= 11 is 11.8. The maximum atomic E-state index is 12.8. The molecule has 218 valence electrons. The standard InChI is InChI=1S/C32H44Cl2N4O2/c33-14-21-38(22-15-34)29-9-7-26(8-10-29)25-32(40)35-28-6-4-5-27(23-28)24-31(39)13-20-36-18-11-30(12-19-36)37-16-2-1-3-17-37/h4-10,23,30H,1-3,11-22,24-25H2,(H,35,40). The van der Waals surface area contributed by atoms with Crippen LogP contribution in [0.5, 0.6) is 0 Å². The van der Waals surface area contributed by atoms with Crippen LogP contribution in [0.25, 0.3) is 0 Å². The van der Waals surface area contributed by atoms with E-state index in [2.05, 4.69) is 20.0 Å². The molecule has 2 aliphatic rings. The summed E-state index contributed by atoms with van der Waals surface area (Å²) < 4.78 is 0. The van der Waals surface area contributed by atoms with Gasteiger partial charge in [-0.15, -0.1) is 23.2 Å². The molecule has 1 N–H and O–H groups in total. The Morgan fingerprint density at radius 1 is 0.850 bits per heavy atom. The number of anilines is 2. The predicted octanol–water partition coefficient (Wildman–Crippen LogP) is 5.60. The Morgan fingerprint density at radius 2 is 1.55 bits per heavy atom. The van der Waals surface area contributed by atoms with Crippen molar-refractivity contribution in [2.75, 3.05) is 67.8 Å². The van der Waals surface area contributed by atoms with Crippen molar-refractivity contribution in [3.8, 4) is 0 Å². The van der Waals surface area contributed by atoms with Crippen LogP contribution in [0.4, 0.5) is 11.4 Å². The van der Waals surface area contributed by atoms with Crippen molar-refractivity contribution >= 4 is 46.3 Å². The smallest absolute Gasteiger partial charge is 0.228 e. The Balaban J connectivity index is 1.19. The predicted molar refractivity (Wildman–Crippen MR) is 167 cm³/mol. The largest absolute Gasteiger partial charge is 0.369 e. The number of hydrogen-bond acceptors (Lipinski definition) is 5. The lowest BCUT2D eigenvalue weighted by atomic mass is 9.99. The van der Waals surface area contributed by atoms with E-state index in [1.54, 1.807) is 0 Å². The van der Waals surface area contributed by atoms with Crippen LogP contribution in [0.2, 0.25) is 0 Å². The Labute approximate surface area is 250 Å². The van der Waals surface area contributed by atoms with Crippen LogP contribution in [-0.2, 0) is 22.4 Å². The normalized spacial score (nSPS) is 17.1. The molecule has 2 fully saturated rings. The molecule has 40 heavy (non-hydrogen) atoms. The lowest BCUT2D eigenvalue weighted by Gasteiger charge is -2.40. The van der Waals surface area contributed by atoms with E-state index in [1.165, 1.54) is 45.2 Å². The molecule has 2 saturated heterocycles. The van der Waals surface area contributed by atoms with Crippen molar-refractivity contribution in [3.05, 3.63) is 59.7 Å². The molecule has 1 amide bonds. The number of Topliss-reactive ketones (excluding diaryl/α,β-unsaturated/α-hetero) is 1. The highest BCUT2D eigenvalue weighted by Gasteiger charge is 2.25. The summed E-state index contributed by atoms with van der Waals surface area (Å²) in [5, 5.41) is 2.99. The van der Waals surface area contributed by atoms with Crippen LogP contribution in [0.15, 0.2) is 48.5 Å². The summed E-state index contributed by atoms with van der Waals surface area (Å²) in [5.74, 6) is 1.23. The molecule has 0 atom stereocenters. The highest BCUT2D eigenvalue weighted by molar-refractivity contribution is 6.18. The van der Waals surface area contributed by atoms with E-state index >= 15 is 0 Å². The molecule has 0 bridgehead atoms. The fraction of sp³-hybridized carbons (Fsp3) is 0.562. The van der Waals surface area contributed by atoms with Crippen LogP contribution in [0.3, 0.4) is 0 Å². The number of benzene rings is 2. The molecule has 0 spiro atoms. The second-order valence-corrected chi connectivity index (χ2v) is 11.8. The first-order valence-corrected chi connectivity index (χ1v) is 15.9. The van der Waals surface area contributed by atoms with Gasteiger partial charge in [0.2, 0.25) is 5.91 Å². The second-order valence-electron chi connectivity index (χ2n) is 11.1. The third-order valence-electron chi connectivity index (χ3n) is 8.16. The minimum atomic E-state index is -0.0810. The number of alkyl halides is 2. The van der Waals surface area contributed by atoms with Gasteiger partial charge in [-0.2, -0.15) is 0 Å². The van der Waals surface area contributed by atoms with Crippen LogP contribution < -0.4 is 10.2 Å². The molecule has 6 nitrogen and oxygen atoms in total. The average Bonchev–Trinajstić information content (AvgIpc) is 2.97. The Hall–Kier alpha value is -2.12. The minimum absolute atomic E-state index is 0.0810. The van der Waals surface area contributed by atoms with Crippen molar-refractivity contribution in [2.45, 2.75) is 57.4 Å². The van der Waals surface area contributed by atoms with E-state index in [0.717, 1.165) is 61.3 Å². The Bertz CT molecular complexity index is 1060. The number of piperidine rings is 2. The first-order valence-electron chi connectivity index (χ1n) is 14.9. The summed E-state index contributed by atoms with van der Waals surface area (Å²) in [6.07, 6.45) is 7.77. The van der Waals surface area contributed by atoms with Gasteiger partial charge >= 0.3 is 0 Å². The lowest BCUT2D eigenvalue weighted by molar-refractivity contribution is -0.119. The number of hydrogen-bond donors (Lipinski definition) is 1. The Morgan fingerprint density at radius 3 is 2.23 bits per heavy atom. The summed E-state index contributed by atoms with van der Waals surface area (Å²) in [6, 6.07) is 16.3. The molecule has 0 radical (unpaired) electrons. The molecule has 0 saturated carbocycles. The zero-order valence-electron chi connectivity index (χ0n) is 23.6. The van der Waals surface area contributed by atoms with Crippen molar-refractivity contribution in [3.63, 3.8) is 0 Å². The van der Waals surface area contributed by atoms with Crippen LogP contribution in [0, 0.1) is 0 Å². The fourth-order valence-corrected chi connectivity index (χ4v) is 6.35. The van der Waals surface area contributed by atoms with Gasteiger partial charge in [-0.3, -0.25) is 9.59 Å². The number of carbonyl (C=O) groups is 2. The van der Waals surface area contributed by atoms with Crippen LogP contribution in [-0.4, -0.2) is 85.1 Å². The van der Waals surface area contributed by atoms with Crippen molar-refractivity contribution < 1.29 is 9.59 Å². The molecule has 0 unspecified atom stereocenters. The summed E-state index contributed by atoms with van der Waals surface area (Å²) in [6.45, 7) is 7.01. The number of ketones is 1. The van der Waals surface area contributed by atoms with Crippen LogP contribution in [0.1, 0.15) is 49.7 Å². The molecular formula is C32H44Cl2N4O2. The van der Waals surface area contributed by atoms with Gasteiger partial charge in [0, 0.05) is 61.7 Å². The van der Waals surface area contributed by atoms with E-state index in [1.807, 2.05) is 48.5 Å². The number of nitrogens with one attached hydrogen (secondary N) is 1. The number of likely N-dealkylation sites (tertiary alicyclic amines) is 2. The lowest BCUT2D eigenvalue weighted by Crippen LogP contribution is -2.47. The molecule has 2 aromatic rings. The third-order valence-corrected chi connectivity index (χ3v) is 8.50.